The number of piperidine rings is 1. The van der Waals surface area contributed by atoms with Crippen LogP contribution in [0.2, 0.25) is 0 Å². The molecular formula is C23H19FN4O3. The quantitative estimate of drug-likeness (QED) is 0.663. The van der Waals surface area contributed by atoms with E-state index in [4.69, 9.17) is 0 Å². The van der Waals surface area contributed by atoms with Gasteiger partial charge in [0.05, 0.1) is 5.69 Å². The Morgan fingerprint density at radius 1 is 1.10 bits per heavy atom. The molecule has 2 aromatic carbocycles. The number of carbonyl (C=O) groups is 3. The minimum Gasteiger partial charge on any atom is -0.333 e. The summed E-state index contributed by atoms with van der Waals surface area (Å²) in [4.78, 5) is 42.7. The summed E-state index contributed by atoms with van der Waals surface area (Å²) in [6.07, 6.45) is 2.41. The first-order valence-electron chi connectivity index (χ1n) is 9.98. The number of halogens is 1. The number of hydrogen-bond donors (Lipinski definition) is 1. The van der Waals surface area contributed by atoms with E-state index in [2.05, 4.69) is 10.3 Å². The van der Waals surface area contributed by atoms with Gasteiger partial charge in [-0.05, 0) is 36.2 Å². The lowest BCUT2D eigenvalue weighted by Gasteiger charge is -2.29. The zero-order valence-corrected chi connectivity index (χ0v) is 16.8. The predicted molar refractivity (Wildman–Crippen MR) is 110 cm³/mol. The molecule has 1 aromatic heterocycles. The van der Waals surface area contributed by atoms with Crippen LogP contribution in [0.5, 0.6) is 0 Å². The topological polar surface area (TPSA) is 84.3 Å². The molecule has 31 heavy (non-hydrogen) atoms. The van der Waals surface area contributed by atoms with Gasteiger partial charge in [0, 0.05) is 42.9 Å². The number of imide groups is 1. The van der Waals surface area contributed by atoms with Crippen molar-refractivity contribution in [3.05, 3.63) is 65.6 Å². The van der Waals surface area contributed by atoms with Gasteiger partial charge in [-0.3, -0.25) is 19.7 Å². The van der Waals surface area contributed by atoms with Crippen LogP contribution >= 0.6 is 0 Å². The Balaban J connectivity index is 1.44. The summed E-state index contributed by atoms with van der Waals surface area (Å²) >= 11 is 0. The van der Waals surface area contributed by atoms with Gasteiger partial charge in [-0.25, -0.2) is 9.37 Å². The van der Waals surface area contributed by atoms with Crippen molar-refractivity contribution >= 4 is 17.7 Å². The zero-order valence-electron chi connectivity index (χ0n) is 16.8. The molecule has 1 N–H and O–H groups in total. The zero-order chi connectivity index (χ0) is 21.7. The van der Waals surface area contributed by atoms with Crippen LogP contribution in [0.3, 0.4) is 0 Å². The van der Waals surface area contributed by atoms with E-state index in [-0.39, 0.29) is 24.1 Å². The molecule has 7 nitrogen and oxygen atoms in total. The fourth-order valence-corrected chi connectivity index (χ4v) is 4.24. The van der Waals surface area contributed by atoms with Crippen LogP contribution in [0.1, 0.15) is 28.8 Å². The van der Waals surface area contributed by atoms with Gasteiger partial charge in [0.25, 0.3) is 5.91 Å². The highest BCUT2D eigenvalue weighted by molar-refractivity contribution is 6.05. The summed E-state index contributed by atoms with van der Waals surface area (Å²) < 4.78 is 15.5. The molecule has 0 bridgehead atoms. The Morgan fingerprint density at radius 2 is 1.94 bits per heavy atom. The van der Waals surface area contributed by atoms with Gasteiger partial charge in [0.2, 0.25) is 11.8 Å². The van der Waals surface area contributed by atoms with Crippen molar-refractivity contribution in [1.29, 1.82) is 0 Å². The van der Waals surface area contributed by atoms with Crippen molar-refractivity contribution in [2.24, 2.45) is 7.05 Å². The first-order valence-corrected chi connectivity index (χ1v) is 9.98. The molecule has 3 heterocycles. The second-order valence-electron chi connectivity index (χ2n) is 7.84. The molecule has 5 rings (SSSR count). The second kappa shape index (κ2) is 7.16. The lowest BCUT2D eigenvalue weighted by atomic mass is 10.0. The predicted octanol–water partition coefficient (Wildman–Crippen LogP) is 2.65. The maximum absolute atomic E-state index is 13.6. The maximum atomic E-state index is 13.6. The summed E-state index contributed by atoms with van der Waals surface area (Å²) in [5.74, 6) is -0.639. The fourth-order valence-electron chi connectivity index (χ4n) is 4.24. The number of hydrogen-bond acceptors (Lipinski definition) is 4. The molecule has 1 atom stereocenters. The third-order valence-corrected chi connectivity index (χ3v) is 5.78. The number of carbonyl (C=O) groups excluding carboxylic acids is 3. The van der Waals surface area contributed by atoms with E-state index >= 15 is 0 Å². The summed E-state index contributed by atoms with van der Waals surface area (Å²) in [6, 6.07) is 11.1. The van der Waals surface area contributed by atoms with Crippen LogP contribution < -0.4 is 5.32 Å². The number of benzene rings is 2. The Bertz CT molecular complexity index is 1250. The molecule has 1 fully saturated rings. The lowest BCUT2D eigenvalue weighted by molar-refractivity contribution is -0.136. The summed E-state index contributed by atoms with van der Waals surface area (Å²) in [5.41, 5.74) is 3.57. The first-order chi connectivity index (χ1) is 14.9. The molecule has 2 aliphatic heterocycles. The molecule has 0 aliphatic carbocycles. The van der Waals surface area contributed by atoms with Gasteiger partial charge in [0.15, 0.2) is 0 Å². The summed E-state index contributed by atoms with van der Waals surface area (Å²) in [7, 11) is 1.85. The van der Waals surface area contributed by atoms with Crippen molar-refractivity contribution in [3.63, 3.8) is 0 Å². The number of rotatable bonds is 3. The van der Waals surface area contributed by atoms with Crippen LogP contribution in [0.25, 0.3) is 22.6 Å². The number of aryl methyl sites for hydroxylation is 1. The SMILES string of the molecule is Cn1cc(-c2ccc3c(c2)CN(C2CCC(=O)NC2=O)C3=O)nc1-c1cccc(F)c1. The number of imidazole rings is 1. The molecule has 2 aliphatic rings. The van der Waals surface area contributed by atoms with Crippen molar-refractivity contribution in [2.45, 2.75) is 25.4 Å². The molecule has 0 spiro atoms. The monoisotopic (exact) mass is 418 g/mol. The van der Waals surface area contributed by atoms with Crippen LogP contribution in [0.4, 0.5) is 4.39 Å². The van der Waals surface area contributed by atoms with E-state index in [0.717, 1.165) is 11.1 Å². The lowest BCUT2D eigenvalue weighted by Crippen LogP contribution is -2.52. The summed E-state index contributed by atoms with van der Waals surface area (Å²) in [5, 5.41) is 2.31. The van der Waals surface area contributed by atoms with Crippen LogP contribution in [-0.2, 0) is 23.2 Å². The third kappa shape index (κ3) is 3.30. The normalized spacial score (nSPS) is 18.3. The minimum atomic E-state index is -0.643. The van der Waals surface area contributed by atoms with Crippen LogP contribution in [0.15, 0.2) is 48.7 Å². The summed E-state index contributed by atoms with van der Waals surface area (Å²) in [6.45, 7) is 0.303. The van der Waals surface area contributed by atoms with E-state index in [0.29, 0.717) is 35.6 Å². The van der Waals surface area contributed by atoms with E-state index in [1.54, 1.807) is 18.2 Å². The average molecular weight is 418 g/mol. The highest BCUT2D eigenvalue weighted by Gasteiger charge is 2.39. The smallest absolute Gasteiger partial charge is 0.255 e. The number of nitrogens with zero attached hydrogens (tertiary/aromatic N) is 3. The van der Waals surface area contributed by atoms with Gasteiger partial charge >= 0.3 is 0 Å². The Morgan fingerprint density at radius 3 is 2.71 bits per heavy atom. The van der Waals surface area contributed by atoms with Gasteiger partial charge in [-0.15, -0.1) is 0 Å². The maximum Gasteiger partial charge on any atom is 0.255 e. The molecular weight excluding hydrogens is 399 g/mol. The van der Waals surface area contributed by atoms with Gasteiger partial charge in [-0.2, -0.15) is 0 Å². The Labute approximate surface area is 177 Å². The van der Waals surface area contributed by atoms with Gasteiger partial charge in [0.1, 0.15) is 17.7 Å². The van der Waals surface area contributed by atoms with E-state index < -0.39 is 11.9 Å². The molecule has 8 heteroatoms. The van der Waals surface area contributed by atoms with Crippen molar-refractivity contribution in [2.75, 3.05) is 0 Å². The Hall–Kier alpha value is -3.81. The van der Waals surface area contributed by atoms with Crippen LogP contribution in [0, 0.1) is 5.82 Å². The number of amides is 3. The van der Waals surface area contributed by atoms with Crippen LogP contribution in [-0.4, -0.2) is 38.2 Å². The largest absolute Gasteiger partial charge is 0.333 e. The average Bonchev–Trinajstić information content (AvgIpc) is 3.28. The van der Waals surface area contributed by atoms with Gasteiger partial charge in [-0.1, -0.05) is 18.2 Å². The third-order valence-electron chi connectivity index (χ3n) is 5.78. The number of nitrogens with one attached hydrogen (secondary N) is 1. The molecule has 0 saturated carbocycles. The molecule has 3 aromatic rings. The molecule has 0 radical (unpaired) electrons. The number of aromatic nitrogens is 2. The van der Waals surface area contributed by atoms with E-state index in [1.165, 1.54) is 17.0 Å². The van der Waals surface area contributed by atoms with Gasteiger partial charge < -0.3 is 9.47 Å². The molecule has 1 unspecified atom stereocenters. The standard InChI is InChI=1S/C23H19FN4O3/c1-27-12-18(25-21(27)14-3-2-4-16(24)10-14)13-5-6-17-15(9-13)11-28(23(17)31)19-7-8-20(29)26-22(19)30/h2-6,9-10,12,19H,7-8,11H2,1H3,(H,26,29,30). The molecule has 156 valence electrons. The highest BCUT2D eigenvalue weighted by Crippen LogP contribution is 2.32. The van der Waals surface area contributed by atoms with Crippen molar-refractivity contribution < 1.29 is 18.8 Å². The van der Waals surface area contributed by atoms with E-state index in [9.17, 15) is 18.8 Å². The van der Waals surface area contributed by atoms with Crippen molar-refractivity contribution in [3.8, 4) is 22.6 Å². The molecule has 3 amide bonds. The second-order valence-corrected chi connectivity index (χ2v) is 7.84. The molecule has 1 saturated heterocycles. The minimum absolute atomic E-state index is 0.211. The van der Waals surface area contributed by atoms with E-state index in [1.807, 2.05) is 29.9 Å². The Kier molecular flexibility index (Phi) is 4.43. The van der Waals surface area contributed by atoms with Crippen molar-refractivity contribution in [1.82, 2.24) is 19.8 Å². The highest BCUT2D eigenvalue weighted by atomic mass is 19.1. The first kappa shape index (κ1) is 19.2. The number of fused-ring (bicyclic) bond motifs is 1. The fraction of sp³-hybridized carbons (Fsp3) is 0.217.